The third kappa shape index (κ3) is 3.91. The molecular weight excluding hydrogens is 402 g/mol. The molecule has 160 valence electrons. The number of aromatic nitrogens is 4. The molecule has 0 aliphatic carbocycles. The van der Waals surface area contributed by atoms with Crippen LogP contribution in [-0.2, 0) is 13.1 Å². The molecule has 3 heterocycles. The SMILES string of the molecule is COc1ccc2c(ncc3ncn(Cc4ccc(NNc5ccc(CN)cc5)cc4)c32)n1. The fourth-order valence-corrected chi connectivity index (χ4v) is 3.61. The molecule has 0 saturated heterocycles. The van der Waals surface area contributed by atoms with E-state index in [1.807, 2.05) is 54.9 Å². The van der Waals surface area contributed by atoms with Crippen molar-refractivity contribution in [1.29, 1.82) is 0 Å². The number of pyridine rings is 2. The number of nitrogens with two attached hydrogens (primary N) is 1. The molecule has 0 amide bonds. The monoisotopic (exact) mass is 425 g/mol. The van der Waals surface area contributed by atoms with Gasteiger partial charge in [-0.05, 0) is 41.5 Å². The fraction of sp³-hybridized carbons (Fsp3) is 0.125. The number of imidazole rings is 1. The first-order chi connectivity index (χ1) is 15.7. The van der Waals surface area contributed by atoms with E-state index in [1.54, 1.807) is 13.3 Å². The largest absolute Gasteiger partial charge is 0.481 e. The van der Waals surface area contributed by atoms with Crippen LogP contribution in [0.15, 0.2) is 73.2 Å². The van der Waals surface area contributed by atoms with E-state index in [-0.39, 0.29) is 0 Å². The molecule has 8 nitrogen and oxygen atoms in total. The van der Waals surface area contributed by atoms with Crippen molar-refractivity contribution in [2.24, 2.45) is 5.73 Å². The molecular formula is C24H23N7O. The van der Waals surface area contributed by atoms with Crippen LogP contribution >= 0.6 is 0 Å². The molecule has 0 spiro atoms. The van der Waals surface area contributed by atoms with Crippen LogP contribution in [0.3, 0.4) is 0 Å². The lowest BCUT2D eigenvalue weighted by Gasteiger charge is -2.11. The lowest BCUT2D eigenvalue weighted by Crippen LogP contribution is -2.09. The second-order valence-corrected chi connectivity index (χ2v) is 7.44. The van der Waals surface area contributed by atoms with Crippen molar-refractivity contribution in [2.45, 2.75) is 13.1 Å². The van der Waals surface area contributed by atoms with Crippen molar-refractivity contribution in [2.75, 3.05) is 18.0 Å². The zero-order chi connectivity index (χ0) is 21.9. The minimum Gasteiger partial charge on any atom is -0.481 e. The van der Waals surface area contributed by atoms with Crippen molar-refractivity contribution in [3.8, 4) is 5.88 Å². The van der Waals surface area contributed by atoms with Gasteiger partial charge in [-0.15, -0.1) is 0 Å². The van der Waals surface area contributed by atoms with Gasteiger partial charge in [-0.2, -0.15) is 4.98 Å². The fourth-order valence-electron chi connectivity index (χ4n) is 3.61. The van der Waals surface area contributed by atoms with E-state index in [4.69, 9.17) is 10.5 Å². The standard InChI is InChI=1S/C24H23N7O/c1-32-22-11-10-20-23-21(13-26-24(20)28-22)27-15-31(23)14-17-4-8-19(9-5-17)30-29-18-6-2-16(12-25)3-7-18/h2-11,13,15,29-30H,12,14,25H2,1H3. The van der Waals surface area contributed by atoms with Gasteiger partial charge in [-0.1, -0.05) is 24.3 Å². The Morgan fingerprint density at radius 2 is 1.56 bits per heavy atom. The molecule has 0 atom stereocenters. The number of hydrogen-bond acceptors (Lipinski definition) is 7. The molecule has 4 N–H and O–H groups in total. The van der Waals surface area contributed by atoms with Crippen molar-refractivity contribution in [3.63, 3.8) is 0 Å². The summed E-state index contributed by atoms with van der Waals surface area (Å²) in [6, 6.07) is 20.1. The van der Waals surface area contributed by atoms with Gasteiger partial charge in [0, 0.05) is 24.5 Å². The number of fused-ring (bicyclic) bond motifs is 3. The summed E-state index contributed by atoms with van der Waals surface area (Å²) in [4.78, 5) is 13.4. The number of benzene rings is 2. The number of hydrogen-bond donors (Lipinski definition) is 3. The van der Waals surface area contributed by atoms with E-state index < -0.39 is 0 Å². The van der Waals surface area contributed by atoms with Gasteiger partial charge in [0.05, 0.1) is 36.5 Å². The number of rotatable bonds is 7. The lowest BCUT2D eigenvalue weighted by molar-refractivity contribution is 0.399. The number of hydrazine groups is 1. The highest BCUT2D eigenvalue weighted by molar-refractivity contribution is 6.00. The van der Waals surface area contributed by atoms with Crippen molar-refractivity contribution >= 4 is 33.4 Å². The normalized spacial score (nSPS) is 11.1. The Labute approximate surface area is 185 Å². The molecule has 0 bridgehead atoms. The highest BCUT2D eigenvalue weighted by Gasteiger charge is 2.11. The second kappa shape index (κ2) is 8.52. The maximum Gasteiger partial charge on any atom is 0.215 e. The molecule has 32 heavy (non-hydrogen) atoms. The Balaban J connectivity index is 1.33. The first-order valence-corrected chi connectivity index (χ1v) is 10.3. The number of nitrogens with one attached hydrogen (secondary N) is 2. The van der Waals surface area contributed by atoms with Crippen LogP contribution < -0.4 is 21.3 Å². The van der Waals surface area contributed by atoms with Crippen LogP contribution in [0.25, 0.3) is 22.1 Å². The van der Waals surface area contributed by atoms with Gasteiger partial charge in [0.2, 0.25) is 5.88 Å². The van der Waals surface area contributed by atoms with Crippen LogP contribution in [0, 0.1) is 0 Å². The predicted octanol–water partition coefficient (Wildman–Crippen LogP) is 3.93. The second-order valence-electron chi connectivity index (χ2n) is 7.44. The molecule has 0 saturated carbocycles. The van der Waals surface area contributed by atoms with Gasteiger partial charge in [0.15, 0.2) is 5.65 Å². The number of methoxy groups -OCH3 is 1. The zero-order valence-electron chi connectivity index (χ0n) is 17.6. The summed E-state index contributed by atoms with van der Waals surface area (Å²) >= 11 is 0. The molecule has 3 aromatic heterocycles. The van der Waals surface area contributed by atoms with Crippen LogP contribution in [0.5, 0.6) is 5.88 Å². The van der Waals surface area contributed by atoms with E-state index >= 15 is 0 Å². The van der Waals surface area contributed by atoms with Gasteiger partial charge in [-0.3, -0.25) is 0 Å². The first kappa shape index (κ1) is 19.8. The van der Waals surface area contributed by atoms with Crippen molar-refractivity contribution < 1.29 is 4.74 Å². The van der Waals surface area contributed by atoms with Gasteiger partial charge in [0.1, 0.15) is 5.52 Å². The van der Waals surface area contributed by atoms with E-state index in [0.29, 0.717) is 24.6 Å². The molecule has 0 radical (unpaired) electrons. The number of nitrogens with zero attached hydrogens (tertiary/aromatic N) is 4. The average Bonchev–Trinajstić information content (AvgIpc) is 3.26. The van der Waals surface area contributed by atoms with Crippen LogP contribution in [0.4, 0.5) is 11.4 Å². The van der Waals surface area contributed by atoms with Gasteiger partial charge >= 0.3 is 0 Å². The summed E-state index contributed by atoms with van der Waals surface area (Å²) in [7, 11) is 1.60. The van der Waals surface area contributed by atoms with E-state index in [9.17, 15) is 0 Å². The van der Waals surface area contributed by atoms with E-state index in [2.05, 4.69) is 42.5 Å². The molecule has 0 unspecified atom stereocenters. The Morgan fingerprint density at radius 1 is 0.875 bits per heavy atom. The van der Waals surface area contributed by atoms with Gasteiger partial charge in [0.25, 0.3) is 0 Å². The maximum atomic E-state index is 5.64. The molecule has 8 heteroatoms. The van der Waals surface area contributed by atoms with Crippen molar-refractivity contribution in [3.05, 3.63) is 84.3 Å². The summed E-state index contributed by atoms with van der Waals surface area (Å²) in [6.45, 7) is 1.23. The maximum absolute atomic E-state index is 5.64. The molecule has 0 aliphatic heterocycles. The summed E-state index contributed by atoms with van der Waals surface area (Å²) in [5.74, 6) is 0.544. The van der Waals surface area contributed by atoms with Crippen LogP contribution in [0.2, 0.25) is 0 Å². The Bertz CT molecular complexity index is 1360. The molecule has 0 fully saturated rings. The van der Waals surface area contributed by atoms with E-state index in [0.717, 1.165) is 38.9 Å². The molecule has 0 aliphatic rings. The zero-order valence-corrected chi connectivity index (χ0v) is 17.6. The Hall–Kier alpha value is -4.17. The Kier molecular flexibility index (Phi) is 5.27. The van der Waals surface area contributed by atoms with Crippen molar-refractivity contribution in [1.82, 2.24) is 19.5 Å². The summed E-state index contributed by atoms with van der Waals surface area (Å²) < 4.78 is 7.34. The topological polar surface area (TPSA) is 103 Å². The summed E-state index contributed by atoms with van der Waals surface area (Å²) in [5.41, 5.74) is 18.8. The lowest BCUT2D eigenvalue weighted by atomic mass is 10.2. The summed E-state index contributed by atoms with van der Waals surface area (Å²) in [5, 5.41) is 0.948. The quantitative estimate of drug-likeness (QED) is 0.340. The van der Waals surface area contributed by atoms with Gasteiger partial charge in [-0.25, -0.2) is 9.97 Å². The smallest absolute Gasteiger partial charge is 0.215 e. The third-order valence-corrected chi connectivity index (χ3v) is 5.34. The molecule has 5 aromatic rings. The number of ether oxygens (including phenoxy) is 1. The first-order valence-electron chi connectivity index (χ1n) is 10.3. The van der Waals surface area contributed by atoms with Crippen LogP contribution in [0.1, 0.15) is 11.1 Å². The van der Waals surface area contributed by atoms with Gasteiger partial charge < -0.3 is 25.9 Å². The van der Waals surface area contributed by atoms with E-state index in [1.165, 1.54) is 0 Å². The average molecular weight is 425 g/mol. The summed E-state index contributed by atoms with van der Waals surface area (Å²) in [6.07, 6.45) is 3.59. The minimum atomic E-state index is 0.540. The molecule has 5 rings (SSSR count). The predicted molar refractivity (Wildman–Crippen MR) is 127 cm³/mol. The highest BCUT2D eigenvalue weighted by Crippen LogP contribution is 2.25. The highest BCUT2D eigenvalue weighted by atomic mass is 16.5. The minimum absolute atomic E-state index is 0.540. The Morgan fingerprint density at radius 3 is 2.22 bits per heavy atom. The number of anilines is 2. The molecule has 2 aromatic carbocycles. The third-order valence-electron chi connectivity index (χ3n) is 5.34. The van der Waals surface area contributed by atoms with Crippen LogP contribution in [-0.4, -0.2) is 26.6 Å².